The Bertz CT molecular complexity index is 491. The minimum Gasteiger partial charge on any atom is -0.494 e. The number of nitrogens with zero attached hydrogens (tertiary/aromatic N) is 1. The van der Waals surface area contributed by atoms with Crippen molar-refractivity contribution in [2.45, 2.75) is 33.1 Å². The average Bonchev–Trinajstić information content (AvgIpc) is 2.47. The number of likely N-dealkylation sites (tertiary alicyclic amines) is 1. The van der Waals surface area contributed by atoms with Crippen molar-refractivity contribution in [1.29, 1.82) is 0 Å². The van der Waals surface area contributed by atoms with Gasteiger partial charge in [-0.25, -0.2) is 0 Å². The van der Waals surface area contributed by atoms with Crippen LogP contribution in [0.1, 0.15) is 43.5 Å². The third-order valence-electron chi connectivity index (χ3n) is 4.59. The van der Waals surface area contributed by atoms with Crippen molar-refractivity contribution in [1.82, 2.24) is 4.90 Å². The van der Waals surface area contributed by atoms with Gasteiger partial charge in [0, 0.05) is 13.1 Å². The largest absolute Gasteiger partial charge is 0.494 e. The summed E-state index contributed by atoms with van der Waals surface area (Å²) < 4.78 is 5.28. The average molecular weight is 276 g/mol. The molecule has 0 spiro atoms. The molecule has 4 nitrogen and oxygen atoms in total. The van der Waals surface area contributed by atoms with Gasteiger partial charge >= 0.3 is 0 Å². The zero-order valence-corrected chi connectivity index (χ0v) is 12.6. The Morgan fingerprint density at radius 1 is 1.40 bits per heavy atom. The second kappa shape index (κ2) is 5.73. The van der Waals surface area contributed by atoms with Crippen LogP contribution in [-0.2, 0) is 0 Å². The molecule has 110 valence electrons. The van der Waals surface area contributed by atoms with E-state index in [0.29, 0.717) is 22.4 Å². The first-order valence-corrected chi connectivity index (χ1v) is 7.22. The van der Waals surface area contributed by atoms with Gasteiger partial charge in [-0.3, -0.25) is 4.79 Å². The van der Waals surface area contributed by atoms with E-state index in [2.05, 4.69) is 13.8 Å². The van der Waals surface area contributed by atoms with Crippen molar-refractivity contribution in [2.24, 2.45) is 5.41 Å². The van der Waals surface area contributed by atoms with E-state index in [1.54, 1.807) is 25.3 Å². The van der Waals surface area contributed by atoms with Gasteiger partial charge in [-0.05, 0) is 30.4 Å². The Kier molecular flexibility index (Phi) is 4.21. The summed E-state index contributed by atoms with van der Waals surface area (Å²) in [6, 6.07) is 5.33. The van der Waals surface area contributed by atoms with Crippen molar-refractivity contribution in [3.8, 4) is 5.75 Å². The van der Waals surface area contributed by atoms with Crippen LogP contribution in [0.3, 0.4) is 0 Å². The van der Waals surface area contributed by atoms with Gasteiger partial charge in [0.1, 0.15) is 0 Å². The van der Waals surface area contributed by atoms with Gasteiger partial charge in [-0.2, -0.15) is 0 Å². The second-order valence-electron chi connectivity index (χ2n) is 5.88. The molecule has 0 aromatic heterocycles. The van der Waals surface area contributed by atoms with Crippen LogP contribution in [0.2, 0.25) is 0 Å². The van der Waals surface area contributed by atoms with E-state index >= 15 is 0 Å². The maximum atomic E-state index is 12.6. The maximum Gasteiger partial charge on any atom is 0.257 e. The minimum absolute atomic E-state index is 0.0207. The number of para-hydroxylation sites is 1. The van der Waals surface area contributed by atoms with Gasteiger partial charge in [-0.1, -0.05) is 26.3 Å². The fraction of sp³-hybridized carbons (Fsp3) is 0.562. The van der Waals surface area contributed by atoms with Crippen LogP contribution in [0.15, 0.2) is 18.2 Å². The molecule has 1 aromatic rings. The quantitative estimate of drug-likeness (QED) is 0.864. The molecule has 1 amide bonds. The normalized spacial score (nSPS) is 17.9. The number of methoxy groups -OCH3 is 1. The van der Waals surface area contributed by atoms with Crippen molar-refractivity contribution in [3.63, 3.8) is 0 Å². The van der Waals surface area contributed by atoms with Crippen LogP contribution in [0.5, 0.6) is 5.75 Å². The highest BCUT2D eigenvalue weighted by molar-refractivity contribution is 5.98. The van der Waals surface area contributed by atoms with Gasteiger partial charge in [0.2, 0.25) is 0 Å². The fourth-order valence-electron chi connectivity index (χ4n) is 2.72. The highest BCUT2D eigenvalue weighted by Gasteiger charge is 2.31. The van der Waals surface area contributed by atoms with Gasteiger partial charge in [-0.15, -0.1) is 0 Å². The van der Waals surface area contributed by atoms with Crippen LogP contribution >= 0.6 is 0 Å². The van der Waals surface area contributed by atoms with E-state index in [0.717, 1.165) is 32.4 Å². The lowest BCUT2D eigenvalue weighted by atomic mass is 9.78. The molecule has 0 bridgehead atoms. The smallest absolute Gasteiger partial charge is 0.257 e. The molecule has 1 aliphatic heterocycles. The highest BCUT2D eigenvalue weighted by atomic mass is 16.5. The summed E-state index contributed by atoms with van der Waals surface area (Å²) in [5.74, 6) is 0.508. The zero-order chi connectivity index (χ0) is 14.8. The summed E-state index contributed by atoms with van der Waals surface area (Å²) in [5.41, 5.74) is 7.31. The van der Waals surface area contributed by atoms with Gasteiger partial charge < -0.3 is 15.4 Å². The van der Waals surface area contributed by atoms with Crippen molar-refractivity contribution >= 4 is 11.6 Å². The number of hydrogen-bond acceptors (Lipinski definition) is 3. The Hall–Kier alpha value is -1.71. The van der Waals surface area contributed by atoms with Crippen molar-refractivity contribution in [3.05, 3.63) is 23.8 Å². The summed E-state index contributed by atoms with van der Waals surface area (Å²) in [7, 11) is 1.55. The van der Waals surface area contributed by atoms with Crippen LogP contribution < -0.4 is 10.5 Å². The molecule has 1 saturated heterocycles. The lowest BCUT2D eigenvalue weighted by Gasteiger charge is -2.39. The molecule has 4 heteroatoms. The van der Waals surface area contributed by atoms with E-state index in [4.69, 9.17) is 10.5 Å². The third-order valence-corrected chi connectivity index (χ3v) is 4.59. The molecule has 0 aliphatic carbocycles. The molecule has 20 heavy (non-hydrogen) atoms. The van der Waals surface area contributed by atoms with Crippen molar-refractivity contribution < 1.29 is 9.53 Å². The first-order valence-electron chi connectivity index (χ1n) is 7.22. The van der Waals surface area contributed by atoms with Gasteiger partial charge in [0.05, 0.1) is 18.4 Å². The number of rotatable bonds is 3. The third kappa shape index (κ3) is 2.74. The minimum atomic E-state index is 0.0207. The molecule has 2 rings (SSSR count). The number of benzene rings is 1. The number of carbonyl (C=O) groups is 1. The maximum absolute atomic E-state index is 12.6. The second-order valence-corrected chi connectivity index (χ2v) is 5.88. The molecule has 2 N–H and O–H groups in total. The summed E-state index contributed by atoms with van der Waals surface area (Å²) in [6.45, 7) is 6.14. The van der Waals surface area contributed by atoms with Crippen LogP contribution in [0.25, 0.3) is 0 Å². The number of ether oxygens (including phenoxy) is 1. The summed E-state index contributed by atoms with van der Waals surface area (Å²) in [6.07, 6.45) is 3.27. The van der Waals surface area contributed by atoms with Crippen molar-refractivity contribution in [2.75, 3.05) is 25.9 Å². The van der Waals surface area contributed by atoms with Crippen LogP contribution in [0.4, 0.5) is 5.69 Å². The monoisotopic (exact) mass is 276 g/mol. The topological polar surface area (TPSA) is 55.6 Å². The number of piperidine rings is 1. The lowest BCUT2D eigenvalue weighted by molar-refractivity contribution is 0.0597. The van der Waals surface area contributed by atoms with Gasteiger partial charge in [0.15, 0.2) is 5.75 Å². The van der Waals surface area contributed by atoms with Crippen LogP contribution in [0, 0.1) is 5.41 Å². The number of hydrogen-bond donors (Lipinski definition) is 1. The number of anilines is 1. The van der Waals surface area contributed by atoms with Gasteiger partial charge in [0.25, 0.3) is 5.91 Å². The van der Waals surface area contributed by atoms with E-state index in [1.165, 1.54) is 0 Å². The SMILES string of the molecule is CCC1(C)CCN(C(=O)c2cccc(N)c2OC)CC1. The Labute approximate surface area is 120 Å². The summed E-state index contributed by atoms with van der Waals surface area (Å²) >= 11 is 0. The number of nitrogen functional groups attached to an aromatic ring is 1. The molecular weight excluding hydrogens is 252 g/mol. The molecule has 0 saturated carbocycles. The fourth-order valence-corrected chi connectivity index (χ4v) is 2.72. The molecule has 0 unspecified atom stereocenters. The molecule has 1 aliphatic rings. The molecule has 0 atom stereocenters. The first-order chi connectivity index (χ1) is 9.50. The highest BCUT2D eigenvalue weighted by Crippen LogP contribution is 2.35. The molecule has 1 heterocycles. The van der Waals surface area contributed by atoms with Crippen LogP contribution in [-0.4, -0.2) is 31.0 Å². The number of carbonyl (C=O) groups excluding carboxylic acids is 1. The predicted molar refractivity (Wildman–Crippen MR) is 80.9 cm³/mol. The zero-order valence-electron chi connectivity index (χ0n) is 12.6. The van der Waals surface area contributed by atoms with E-state index in [9.17, 15) is 4.79 Å². The number of amides is 1. The Morgan fingerprint density at radius 3 is 2.60 bits per heavy atom. The predicted octanol–water partition coefficient (Wildman–Crippen LogP) is 2.93. The van der Waals surface area contributed by atoms with E-state index in [-0.39, 0.29) is 5.91 Å². The summed E-state index contributed by atoms with van der Waals surface area (Å²) in [4.78, 5) is 14.5. The first kappa shape index (κ1) is 14.7. The Morgan fingerprint density at radius 2 is 2.05 bits per heavy atom. The molecular formula is C16H24N2O2. The summed E-state index contributed by atoms with van der Waals surface area (Å²) in [5, 5.41) is 0. The molecule has 0 radical (unpaired) electrons. The lowest BCUT2D eigenvalue weighted by Crippen LogP contribution is -2.42. The molecule has 1 fully saturated rings. The Balaban J connectivity index is 2.16. The number of nitrogens with two attached hydrogens (primary N) is 1. The standard InChI is InChI=1S/C16H24N2O2/c1-4-16(2)8-10-18(11-9-16)15(19)12-6-5-7-13(17)14(12)20-3/h5-7H,4,8-11,17H2,1-3H3. The van der Waals surface area contributed by atoms with E-state index in [1.807, 2.05) is 4.90 Å². The molecule has 1 aromatic carbocycles. The van der Waals surface area contributed by atoms with E-state index < -0.39 is 0 Å².